The van der Waals surface area contributed by atoms with Gasteiger partial charge in [-0.05, 0) is 69.4 Å². The molecule has 1 atom stereocenters. The van der Waals surface area contributed by atoms with Crippen molar-refractivity contribution in [3.05, 3.63) is 53.1 Å². The summed E-state index contributed by atoms with van der Waals surface area (Å²) in [5, 5.41) is 1.59. The van der Waals surface area contributed by atoms with E-state index in [9.17, 15) is 0 Å². The lowest BCUT2D eigenvalue weighted by Gasteiger charge is -2.27. The Labute approximate surface area is 175 Å². The van der Waals surface area contributed by atoms with Gasteiger partial charge in [-0.1, -0.05) is 106 Å². The van der Waals surface area contributed by atoms with Crippen LogP contribution in [0.1, 0.15) is 108 Å². The average Bonchev–Trinajstić information content (AvgIpc) is 2.68. The van der Waals surface area contributed by atoms with Gasteiger partial charge in [-0.15, -0.1) is 0 Å². The summed E-state index contributed by atoms with van der Waals surface area (Å²) in [6, 6.07) is 14.3. The second kappa shape index (κ2) is 9.58. The molecule has 0 amide bonds. The summed E-state index contributed by atoms with van der Waals surface area (Å²) in [7, 11) is 0.950. The minimum Gasteiger partial charge on any atom is -0.0865 e. The van der Waals surface area contributed by atoms with E-state index in [2.05, 4.69) is 77.9 Å². The van der Waals surface area contributed by atoms with Gasteiger partial charge >= 0.3 is 0 Å². The van der Waals surface area contributed by atoms with Crippen LogP contribution >= 0.6 is 8.58 Å². The van der Waals surface area contributed by atoms with Crippen LogP contribution in [0.25, 0.3) is 11.1 Å². The topological polar surface area (TPSA) is 0 Å². The van der Waals surface area contributed by atoms with Crippen LogP contribution in [0.4, 0.5) is 0 Å². The number of hydrogen-bond donors (Lipinski definition) is 0. The molecule has 0 aliphatic heterocycles. The maximum atomic E-state index is 2.50. The van der Waals surface area contributed by atoms with Crippen molar-refractivity contribution in [2.75, 3.05) is 0 Å². The lowest BCUT2D eigenvalue weighted by molar-refractivity contribution is 0.514. The van der Waals surface area contributed by atoms with E-state index in [0.717, 1.165) is 14.2 Å². The Morgan fingerprint density at radius 1 is 0.750 bits per heavy atom. The molecule has 0 heterocycles. The summed E-state index contributed by atoms with van der Waals surface area (Å²) in [5.41, 5.74) is 8.51. The van der Waals surface area contributed by atoms with E-state index >= 15 is 0 Å². The molecule has 152 valence electrons. The van der Waals surface area contributed by atoms with E-state index in [1.165, 1.54) is 59.9 Å². The molecule has 0 nitrogen and oxygen atoms in total. The second-order valence-corrected chi connectivity index (χ2v) is 11.2. The van der Waals surface area contributed by atoms with E-state index in [0.29, 0.717) is 17.8 Å². The van der Waals surface area contributed by atoms with Gasteiger partial charge in [-0.3, -0.25) is 0 Å². The third-order valence-corrected chi connectivity index (χ3v) is 8.03. The third kappa shape index (κ3) is 4.88. The van der Waals surface area contributed by atoms with E-state index in [1.807, 2.05) is 0 Å². The smallest absolute Gasteiger partial charge is 0.0104 e. The standard InChI is InChI=1S/C27H39P/c1-18(2)21-16-24(19(3)4)27(25(17-21)20(5)6)23-14-10-11-15-26(23)28-22-12-8-7-9-13-22/h10-11,14-20,22,28H,7-9,12-13H2,1-6H3. The molecule has 1 fully saturated rings. The van der Waals surface area contributed by atoms with Gasteiger partial charge in [0.25, 0.3) is 0 Å². The predicted octanol–water partition coefficient (Wildman–Crippen LogP) is 8.36. The normalized spacial score (nSPS) is 16.2. The first-order valence-electron chi connectivity index (χ1n) is 11.4. The van der Waals surface area contributed by atoms with Gasteiger partial charge in [0.15, 0.2) is 0 Å². The molecular formula is C27H39P. The van der Waals surface area contributed by atoms with Crippen molar-refractivity contribution in [1.29, 1.82) is 0 Å². The van der Waals surface area contributed by atoms with Crippen LogP contribution in [0.2, 0.25) is 0 Å². The van der Waals surface area contributed by atoms with E-state index in [1.54, 1.807) is 5.30 Å². The molecule has 3 rings (SSSR count). The minimum atomic E-state index is 0.539. The summed E-state index contributed by atoms with van der Waals surface area (Å²) >= 11 is 0. The molecule has 0 saturated heterocycles. The summed E-state index contributed by atoms with van der Waals surface area (Å²) in [6.07, 6.45) is 7.14. The molecule has 1 unspecified atom stereocenters. The lowest BCUT2D eigenvalue weighted by atomic mass is 9.82. The van der Waals surface area contributed by atoms with Gasteiger partial charge in [-0.2, -0.15) is 0 Å². The van der Waals surface area contributed by atoms with Gasteiger partial charge in [-0.25, -0.2) is 0 Å². The van der Waals surface area contributed by atoms with Gasteiger partial charge < -0.3 is 0 Å². The summed E-state index contributed by atoms with van der Waals surface area (Å²) in [4.78, 5) is 0. The van der Waals surface area contributed by atoms with Crippen molar-refractivity contribution in [2.24, 2.45) is 0 Å². The zero-order valence-corrected chi connectivity index (χ0v) is 19.8. The lowest BCUT2D eigenvalue weighted by Crippen LogP contribution is -2.14. The Balaban J connectivity index is 2.14. The first-order valence-corrected chi connectivity index (χ1v) is 12.5. The number of benzene rings is 2. The van der Waals surface area contributed by atoms with E-state index in [4.69, 9.17) is 0 Å². The van der Waals surface area contributed by atoms with Crippen LogP contribution in [0.5, 0.6) is 0 Å². The molecule has 1 aliphatic carbocycles. The van der Waals surface area contributed by atoms with Gasteiger partial charge in [0, 0.05) is 0 Å². The fourth-order valence-corrected chi connectivity index (χ4v) is 6.25. The SMILES string of the molecule is CC(C)c1cc(C(C)C)c(-c2ccccc2PC2CCCCC2)c(C(C)C)c1. The maximum absolute atomic E-state index is 2.50. The molecule has 2 aromatic carbocycles. The van der Waals surface area contributed by atoms with Crippen molar-refractivity contribution >= 4 is 13.9 Å². The Hall–Kier alpha value is -1.13. The Morgan fingerprint density at radius 2 is 1.32 bits per heavy atom. The molecule has 0 bridgehead atoms. The predicted molar refractivity (Wildman–Crippen MR) is 129 cm³/mol. The summed E-state index contributed by atoms with van der Waals surface area (Å²) < 4.78 is 0. The number of hydrogen-bond acceptors (Lipinski definition) is 0. The molecule has 0 aromatic heterocycles. The van der Waals surface area contributed by atoms with Crippen LogP contribution < -0.4 is 5.30 Å². The van der Waals surface area contributed by atoms with E-state index in [-0.39, 0.29) is 0 Å². The minimum absolute atomic E-state index is 0.539. The largest absolute Gasteiger partial charge is 0.0865 e. The first kappa shape index (κ1) is 21.6. The Morgan fingerprint density at radius 3 is 1.86 bits per heavy atom. The van der Waals surface area contributed by atoms with Crippen molar-refractivity contribution in [3.63, 3.8) is 0 Å². The van der Waals surface area contributed by atoms with Crippen LogP contribution in [0.3, 0.4) is 0 Å². The number of rotatable bonds is 6. The van der Waals surface area contributed by atoms with Gasteiger partial charge in [0.05, 0.1) is 0 Å². The van der Waals surface area contributed by atoms with Gasteiger partial charge in [0.1, 0.15) is 0 Å². The highest BCUT2D eigenvalue weighted by atomic mass is 31.1. The molecule has 28 heavy (non-hydrogen) atoms. The summed E-state index contributed by atoms with van der Waals surface area (Å²) in [5.74, 6) is 1.65. The maximum Gasteiger partial charge on any atom is -0.0104 e. The molecule has 0 N–H and O–H groups in total. The molecule has 1 aliphatic rings. The van der Waals surface area contributed by atoms with Gasteiger partial charge in [0.2, 0.25) is 0 Å². The molecule has 1 saturated carbocycles. The van der Waals surface area contributed by atoms with Crippen molar-refractivity contribution < 1.29 is 0 Å². The quantitative estimate of drug-likeness (QED) is 0.432. The average molecular weight is 395 g/mol. The molecule has 1 heteroatoms. The monoisotopic (exact) mass is 394 g/mol. The first-order chi connectivity index (χ1) is 13.4. The van der Waals surface area contributed by atoms with Crippen molar-refractivity contribution in [3.8, 4) is 11.1 Å². The highest BCUT2D eigenvalue weighted by Gasteiger charge is 2.22. The van der Waals surface area contributed by atoms with Crippen LogP contribution in [-0.2, 0) is 0 Å². The molecule has 0 spiro atoms. The van der Waals surface area contributed by atoms with E-state index < -0.39 is 0 Å². The fraction of sp³-hybridized carbons (Fsp3) is 0.556. The van der Waals surface area contributed by atoms with Crippen LogP contribution in [0.15, 0.2) is 36.4 Å². The third-order valence-electron chi connectivity index (χ3n) is 6.29. The van der Waals surface area contributed by atoms with Crippen molar-refractivity contribution in [1.82, 2.24) is 0 Å². The van der Waals surface area contributed by atoms with Crippen LogP contribution in [-0.4, -0.2) is 5.66 Å². The fourth-order valence-electron chi connectivity index (χ4n) is 4.56. The molecule has 2 aromatic rings. The second-order valence-electron chi connectivity index (χ2n) is 9.56. The Kier molecular flexibility index (Phi) is 7.38. The highest BCUT2D eigenvalue weighted by molar-refractivity contribution is 7.48. The summed E-state index contributed by atoms with van der Waals surface area (Å²) in [6.45, 7) is 14.1. The van der Waals surface area contributed by atoms with Crippen molar-refractivity contribution in [2.45, 2.75) is 97.1 Å². The molecule has 0 radical (unpaired) electrons. The zero-order valence-electron chi connectivity index (χ0n) is 18.8. The Bertz CT molecular complexity index is 750. The highest BCUT2D eigenvalue weighted by Crippen LogP contribution is 2.41. The van der Waals surface area contributed by atoms with Crippen LogP contribution in [0, 0.1) is 0 Å². The molecular weight excluding hydrogens is 355 g/mol. The zero-order chi connectivity index (χ0) is 20.3.